The number of ether oxygens (including phenoxy) is 6. The van der Waals surface area contributed by atoms with Gasteiger partial charge in [-0.3, -0.25) is 14.4 Å². The lowest BCUT2D eigenvalue weighted by Crippen LogP contribution is -2.44. The second kappa shape index (κ2) is 33.7. The van der Waals surface area contributed by atoms with Gasteiger partial charge in [-0.25, -0.2) is 0 Å². The lowest BCUT2D eigenvalue weighted by Gasteiger charge is -2.29. The third kappa shape index (κ3) is 31.4. The molecule has 0 bridgehead atoms. The first-order valence-electron chi connectivity index (χ1n) is 16.7. The number of nitrogens with one attached hydrogen (secondary N) is 3. The molecule has 0 saturated heterocycles. The fraction of sp³-hybridized carbons (Fsp3) is 0.743. The molecule has 5 N–H and O–H groups in total. The molecule has 0 aliphatic rings. The van der Waals surface area contributed by atoms with Crippen LogP contribution in [0.15, 0.2) is 0 Å². The average molecular weight is 679 g/mol. The summed E-state index contributed by atoms with van der Waals surface area (Å²) in [6, 6.07) is 0. The van der Waals surface area contributed by atoms with Crippen LogP contribution in [0.1, 0.15) is 64.7 Å². The van der Waals surface area contributed by atoms with Crippen LogP contribution in [0.3, 0.4) is 0 Å². The van der Waals surface area contributed by atoms with E-state index in [0.717, 1.165) is 19.3 Å². The van der Waals surface area contributed by atoms with Gasteiger partial charge < -0.3 is 50.1 Å². The zero-order valence-corrected chi connectivity index (χ0v) is 28.9. The molecule has 0 heterocycles. The van der Waals surface area contributed by atoms with Crippen LogP contribution in [-0.4, -0.2) is 122 Å². The van der Waals surface area contributed by atoms with Crippen molar-refractivity contribution in [1.82, 2.24) is 16.0 Å². The molecular weight excluding hydrogens is 620 g/mol. The highest BCUT2D eigenvalue weighted by atomic mass is 16.5. The van der Waals surface area contributed by atoms with Gasteiger partial charge in [0, 0.05) is 50.9 Å². The predicted molar refractivity (Wildman–Crippen MR) is 184 cm³/mol. The molecule has 0 radical (unpaired) electrons. The summed E-state index contributed by atoms with van der Waals surface area (Å²) in [4.78, 5) is 37.5. The second-order valence-electron chi connectivity index (χ2n) is 10.8. The highest BCUT2D eigenvalue weighted by Crippen LogP contribution is 2.23. The van der Waals surface area contributed by atoms with Crippen molar-refractivity contribution in [3.05, 3.63) is 0 Å². The molecule has 0 fully saturated rings. The van der Waals surface area contributed by atoms with E-state index in [0.29, 0.717) is 105 Å². The van der Waals surface area contributed by atoms with E-state index >= 15 is 0 Å². The smallest absolute Gasteiger partial charge is 0.220 e. The van der Waals surface area contributed by atoms with Gasteiger partial charge in [-0.15, -0.1) is 18.8 Å². The van der Waals surface area contributed by atoms with Crippen molar-refractivity contribution in [2.24, 2.45) is 5.73 Å². The Labute approximate surface area is 287 Å². The summed E-state index contributed by atoms with van der Waals surface area (Å²) in [6.45, 7) is 7.28. The Morgan fingerprint density at radius 2 is 0.958 bits per heavy atom. The van der Waals surface area contributed by atoms with E-state index in [2.05, 4.69) is 46.6 Å². The summed E-state index contributed by atoms with van der Waals surface area (Å²) >= 11 is 0. The van der Waals surface area contributed by atoms with Crippen LogP contribution >= 0.6 is 0 Å². The highest BCUT2D eigenvalue weighted by molar-refractivity contribution is 5.77. The van der Waals surface area contributed by atoms with Gasteiger partial charge in [0.25, 0.3) is 0 Å². The van der Waals surface area contributed by atoms with Gasteiger partial charge in [0.15, 0.2) is 0 Å². The summed E-state index contributed by atoms with van der Waals surface area (Å²) in [6.07, 6.45) is 14.7. The van der Waals surface area contributed by atoms with Gasteiger partial charge >= 0.3 is 0 Å². The van der Waals surface area contributed by atoms with Crippen LogP contribution in [0.25, 0.3) is 0 Å². The Bertz CT molecular complexity index is 939. The molecule has 13 nitrogen and oxygen atoms in total. The molecule has 0 aliphatic heterocycles. The van der Waals surface area contributed by atoms with Crippen LogP contribution in [-0.2, 0) is 42.8 Å². The van der Waals surface area contributed by atoms with Crippen LogP contribution in [0, 0.1) is 36.5 Å². The van der Waals surface area contributed by atoms with Gasteiger partial charge in [0.2, 0.25) is 17.7 Å². The van der Waals surface area contributed by atoms with E-state index in [1.807, 2.05) is 0 Å². The van der Waals surface area contributed by atoms with E-state index in [-0.39, 0.29) is 50.2 Å². The van der Waals surface area contributed by atoms with Gasteiger partial charge in [-0.1, -0.05) is 31.1 Å². The third-order valence-corrected chi connectivity index (χ3v) is 6.70. The van der Waals surface area contributed by atoms with Gasteiger partial charge in [0.05, 0.1) is 59.5 Å². The summed E-state index contributed by atoms with van der Waals surface area (Å²) in [7, 11) is 0. The number of rotatable bonds is 32. The van der Waals surface area contributed by atoms with Crippen LogP contribution < -0.4 is 21.7 Å². The minimum absolute atomic E-state index is 0.140. The van der Waals surface area contributed by atoms with Crippen molar-refractivity contribution < 1.29 is 42.8 Å². The van der Waals surface area contributed by atoms with Crippen LogP contribution in [0.5, 0.6) is 0 Å². The second-order valence-corrected chi connectivity index (χ2v) is 10.8. The molecule has 0 unspecified atom stereocenters. The molecule has 0 rings (SSSR count). The normalized spacial score (nSPS) is 10.8. The van der Waals surface area contributed by atoms with E-state index in [1.165, 1.54) is 0 Å². The fourth-order valence-corrected chi connectivity index (χ4v) is 3.97. The van der Waals surface area contributed by atoms with Crippen LogP contribution in [0.4, 0.5) is 0 Å². The quantitative estimate of drug-likeness (QED) is 0.0594. The van der Waals surface area contributed by atoms with E-state index in [1.54, 1.807) is 0 Å². The number of terminal acetylenes is 2. The van der Waals surface area contributed by atoms with Crippen molar-refractivity contribution in [2.75, 3.05) is 98.9 Å². The average Bonchev–Trinajstić information content (AvgIpc) is 3.08. The Morgan fingerprint density at radius 3 is 1.33 bits per heavy atom. The molecule has 0 saturated carbocycles. The molecule has 13 heteroatoms. The van der Waals surface area contributed by atoms with Crippen molar-refractivity contribution >= 4 is 17.7 Å². The minimum Gasteiger partial charge on any atom is -0.377 e. The standard InChI is InChI=1S/C35H58N4O9/c1-4-7-8-9-10-22-45-28-31-48-25-19-39-34(42)13-16-35(36,14-11-32(40)37-17-23-46-29-26-43-20-5-2)15-12-33(41)38-18-24-47-30-27-44-21-6-3/h2-3H,4,7-8,11-31,36H2,1H3,(H,37,40)(H,38,41)(H,39,42). The zero-order valence-electron chi connectivity index (χ0n) is 28.9. The van der Waals surface area contributed by atoms with Crippen LogP contribution in [0.2, 0.25) is 0 Å². The third-order valence-electron chi connectivity index (χ3n) is 6.70. The summed E-state index contributed by atoms with van der Waals surface area (Å²) in [5, 5.41) is 8.41. The maximum atomic E-state index is 12.5. The predicted octanol–water partition coefficient (Wildman–Crippen LogP) is 0.933. The van der Waals surface area contributed by atoms with Gasteiger partial charge in [-0.05, 0) is 25.7 Å². The number of carbonyl (C=O) groups is 3. The molecule has 0 aromatic heterocycles. The topological polar surface area (TPSA) is 169 Å². The van der Waals surface area contributed by atoms with Crippen molar-refractivity contribution in [2.45, 2.75) is 70.3 Å². The Hall–Kier alpha value is -3.19. The fourth-order valence-electron chi connectivity index (χ4n) is 3.97. The highest BCUT2D eigenvalue weighted by Gasteiger charge is 2.27. The summed E-state index contributed by atoms with van der Waals surface area (Å²) < 4.78 is 31.9. The van der Waals surface area contributed by atoms with E-state index < -0.39 is 5.54 Å². The first-order chi connectivity index (χ1) is 23.4. The van der Waals surface area contributed by atoms with Crippen molar-refractivity contribution in [1.29, 1.82) is 0 Å². The van der Waals surface area contributed by atoms with E-state index in [9.17, 15) is 14.4 Å². The monoisotopic (exact) mass is 678 g/mol. The maximum Gasteiger partial charge on any atom is 0.220 e. The molecular formula is C35H58N4O9. The first-order valence-corrected chi connectivity index (χ1v) is 16.7. The molecule has 0 atom stereocenters. The molecule has 0 aliphatic carbocycles. The Kier molecular flexibility index (Phi) is 31.5. The SMILES string of the molecule is C#CCOCCOCCNC(=O)CCC(N)(CCC(=O)NCCOCCOCC#C)CCC(=O)NCCOCCOCC#CCCCC. The number of hydrogen-bond donors (Lipinski definition) is 4. The van der Waals surface area contributed by atoms with Gasteiger partial charge in [0.1, 0.15) is 19.8 Å². The summed E-state index contributed by atoms with van der Waals surface area (Å²) in [5.41, 5.74) is 5.78. The molecule has 0 aromatic carbocycles. The number of nitrogens with two attached hydrogens (primary N) is 1. The molecule has 0 aromatic rings. The largest absolute Gasteiger partial charge is 0.377 e. The van der Waals surface area contributed by atoms with E-state index in [4.69, 9.17) is 47.0 Å². The minimum atomic E-state index is -0.908. The lowest BCUT2D eigenvalue weighted by molar-refractivity contribution is -0.121. The molecule has 3 amide bonds. The maximum absolute atomic E-state index is 12.5. The number of hydrogen-bond acceptors (Lipinski definition) is 10. The lowest BCUT2D eigenvalue weighted by atomic mass is 9.84. The molecule has 0 spiro atoms. The Morgan fingerprint density at radius 1 is 0.583 bits per heavy atom. The summed E-state index contributed by atoms with van der Waals surface area (Å²) in [5.74, 6) is 10.2. The Balaban J connectivity index is 4.51. The van der Waals surface area contributed by atoms with Crippen molar-refractivity contribution in [3.8, 4) is 36.5 Å². The number of carbonyl (C=O) groups excluding carboxylic acids is 3. The number of unbranched alkanes of at least 4 members (excludes halogenated alkanes) is 2. The first kappa shape index (κ1) is 44.8. The van der Waals surface area contributed by atoms with Gasteiger partial charge in [-0.2, -0.15) is 0 Å². The van der Waals surface area contributed by atoms with Crippen molar-refractivity contribution in [3.63, 3.8) is 0 Å². The zero-order chi connectivity index (χ0) is 35.4. The molecule has 48 heavy (non-hydrogen) atoms. The number of amides is 3. The molecule has 272 valence electrons.